The van der Waals surface area contributed by atoms with Crippen molar-refractivity contribution >= 4 is 22.0 Å². The zero-order valence-corrected chi connectivity index (χ0v) is 17.8. The first kappa shape index (κ1) is 24.1. The summed E-state index contributed by atoms with van der Waals surface area (Å²) in [7, 11) is -1.05. The SMILES string of the molecule is CNC(=O)C(OC(=O)NCc1ccc(S(N)(=O)=O)cc1)C(COc1ccccn1)OC. The topological polar surface area (TPSA) is 159 Å². The second-order valence-corrected chi connectivity index (χ2v) is 7.80. The number of amides is 2. The van der Waals surface area contributed by atoms with Gasteiger partial charge in [0.25, 0.3) is 5.91 Å². The summed E-state index contributed by atoms with van der Waals surface area (Å²) in [4.78, 5) is 28.4. The molecule has 168 valence electrons. The first-order chi connectivity index (χ1) is 14.7. The number of rotatable bonds is 10. The lowest BCUT2D eigenvalue weighted by Gasteiger charge is -2.24. The molecule has 0 aliphatic carbocycles. The van der Waals surface area contributed by atoms with E-state index in [2.05, 4.69) is 15.6 Å². The number of nitrogens with two attached hydrogens (primary N) is 1. The maximum absolute atomic E-state index is 12.2. The number of carbonyl (C=O) groups excluding carboxylic acids is 2. The predicted octanol–water partition coefficient (Wildman–Crippen LogP) is 0.164. The summed E-state index contributed by atoms with van der Waals surface area (Å²) < 4.78 is 38.6. The van der Waals surface area contributed by atoms with Gasteiger partial charge in [-0.05, 0) is 23.8 Å². The molecule has 12 heteroatoms. The maximum Gasteiger partial charge on any atom is 0.408 e. The number of methoxy groups -OCH3 is 1. The Bertz CT molecular complexity index is 969. The minimum absolute atomic E-state index is 0.0340. The lowest BCUT2D eigenvalue weighted by molar-refractivity contribution is -0.138. The van der Waals surface area contributed by atoms with E-state index in [-0.39, 0.29) is 18.0 Å². The fraction of sp³-hybridized carbons (Fsp3) is 0.316. The Morgan fingerprint density at radius 1 is 1.16 bits per heavy atom. The van der Waals surface area contributed by atoms with E-state index < -0.39 is 34.2 Å². The molecule has 4 N–H and O–H groups in total. The van der Waals surface area contributed by atoms with E-state index in [1.807, 2.05) is 0 Å². The van der Waals surface area contributed by atoms with Crippen molar-refractivity contribution in [3.63, 3.8) is 0 Å². The average molecular weight is 452 g/mol. The second-order valence-electron chi connectivity index (χ2n) is 6.24. The Labute approximate surface area is 179 Å². The number of likely N-dealkylation sites (N-methyl/N-ethyl adjacent to an activating group) is 1. The Morgan fingerprint density at radius 2 is 1.87 bits per heavy atom. The Hall–Kier alpha value is -3.22. The molecule has 0 fully saturated rings. The molecule has 0 saturated heterocycles. The van der Waals surface area contributed by atoms with E-state index >= 15 is 0 Å². The van der Waals surface area contributed by atoms with E-state index in [1.165, 1.54) is 38.4 Å². The van der Waals surface area contributed by atoms with Crippen LogP contribution in [0.5, 0.6) is 5.88 Å². The van der Waals surface area contributed by atoms with Crippen LogP contribution in [-0.2, 0) is 30.8 Å². The quantitative estimate of drug-likeness (QED) is 0.460. The highest BCUT2D eigenvalue weighted by atomic mass is 32.2. The molecule has 2 rings (SSSR count). The van der Waals surface area contributed by atoms with Crippen molar-refractivity contribution in [1.82, 2.24) is 15.6 Å². The van der Waals surface area contributed by atoms with Crippen LogP contribution in [0.15, 0.2) is 53.6 Å². The van der Waals surface area contributed by atoms with E-state index in [0.29, 0.717) is 11.4 Å². The number of pyridine rings is 1. The van der Waals surface area contributed by atoms with Crippen LogP contribution in [0.2, 0.25) is 0 Å². The van der Waals surface area contributed by atoms with Gasteiger partial charge < -0.3 is 24.8 Å². The fourth-order valence-corrected chi connectivity index (χ4v) is 2.96. The molecular formula is C19H24N4O7S. The van der Waals surface area contributed by atoms with Gasteiger partial charge in [0, 0.05) is 33.0 Å². The van der Waals surface area contributed by atoms with Gasteiger partial charge in [0.15, 0.2) is 0 Å². The number of hydrogen-bond donors (Lipinski definition) is 3. The summed E-state index contributed by atoms with van der Waals surface area (Å²) in [5.41, 5.74) is 0.600. The summed E-state index contributed by atoms with van der Waals surface area (Å²) >= 11 is 0. The molecule has 0 radical (unpaired) electrons. The number of primary sulfonamides is 1. The van der Waals surface area contributed by atoms with E-state index in [1.54, 1.807) is 24.4 Å². The van der Waals surface area contributed by atoms with Crippen LogP contribution in [0.1, 0.15) is 5.56 Å². The highest BCUT2D eigenvalue weighted by Crippen LogP contribution is 2.11. The number of carbonyl (C=O) groups is 2. The Kier molecular flexibility index (Phi) is 8.73. The van der Waals surface area contributed by atoms with Crippen LogP contribution >= 0.6 is 0 Å². The van der Waals surface area contributed by atoms with Gasteiger partial charge in [-0.3, -0.25) is 4.79 Å². The highest BCUT2D eigenvalue weighted by Gasteiger charge is 2.32. The second kappa shape index (κ2) is 11.2. The molecule has 11 nitrogen and oxygen atoms in total. The van der Waals surface area contributed by atoms with Crippen LogP contribution in [-0.4, -0.2) is 58.4 Å². The normalized spacial score (nSPS) is 13.0. The third-order valence-corrected chi connectivity index (χ3v) is 5.03. The summed E-state index contributed by atoms with van der Waals surface area (Å²) in [5, 5.41) is 9.95. The fourth-order valence-electron chi connectivity index (χ4n) is 2.45. The lowest BCUT2D eigenvalue weighted by atomic mass is 10.2. The lowest BCUT2D eigenvalue weighted by Crippen LogP contribution is -2.48. The van der Waals surface area contributed by atoms with Crippen LogP contribution in [0, 0.1) is 0 Å². The van der Waals surface area contributed by atoms with Crippen molar-refractivity contribution in [2.45, 2.75) is 23.6 Å². The van der Waals surface area contributed by atoms with Gasteiger partial charge in [0.1, 0.15) is 12.7 Å². The highest BCUT2D eigenvalue weighted by molar-refractivity contribution is 7.89. The third kappa shape index (κ3) is 7.51. The van der Waals surface area contributed by atoms with Crippen molar-refractivity contribution in [2.24, 2.45) is 5.14 Å². The molecule has 31 heavy (non-hydrogen) atoms. The first-order valence-corrected chi connectivity index (χ1v) is 10.6. The van der Waals surface area contributed by atoms with Crippen molar-refractivity contribution in [3.05, 3.63) is 54.2 Å². The summed E-state index contributed by atoms with van der Waals surface area (Å²) in [6, 6.07) is 10.7. The van der Waals surface area contributed by atoms with Crippen molar-refractivity contribution in [2.75, 3.05) is 20.8 Å². The van der Waals surface area contributed by atoms with Gasteiger partial charge >= 0.3 is 6.09 Å². The molecule has 1 aromatic heterocycles. The number of benzene rings is 1. The van der Waals surface area contributed by atoms with Crippen molar-refractivity contribution in [3.8, 4) is 5.88 Å². The number of aromatic nitrogens is 1. The maximum atomic E-state index is 12.2. The number of alkyl carbamates (subject to hydrolysis) is 1. The molecule has 2 unspecified atom stereocenters. The molecule has 2 aromatic rings. The van der Waals surface area contributed by atoms with Gasteiger partial charge in [-0.1, -0.05) is 18.2 Å². The van der Waals surface area contributed by atoms with Crippen molar-refractivity contribution < 1.29 is 32.2 Å². The number of ether oxygens (including phenoxy) is 3. The Morgan fingerprint density at radius 3 is 2.42 bits per heavy atom. The predicted molar refractivity (Wildman–Crippen MR) is 110 cm³/mol. The largest absolute Gasteiger partial charge is 0.475 e. The minimum Gasteiger partial charge on any atom is -0.475 e. The van der Waals surface area contributed by atoms with E-state index in [0.717, 1.165) is 0 Å². The summed E-state index contributed by atoms with van der Waals surface area (Å²) in [6.07, 6.45) is -1.51. The number of hydrogen-bond acceptors (Lipinski definition) is 8. The van der Waals surface area contributed by atoms with Crippen LogP contribution in [0.4, 0.5) is 4.79 Å². The molecular weight excluding hydrogens is 428 g/mol. The molecule has 0 aliphatic rings. The van der Waals surface area contributed by atoms with Crippen LogP contribution < -0.4 is 20.5 Å². The molecule has 1 heterocycles. The van der Waals surface area contributed by atoms with E-state index in [4.69, 9.17) is 19.3 Å². The molecule has 0 bridgehead atoms. The van der Waals surface area contributed by atoms with Gasteiger partial charge in [-0.25, -0.2) is 23.3 Å². The number of nitrogens with zero attached hydrogens (tertiary/aromatic N) is 1. The molecule has 0 spiro atoms. The van der Waals surface area contributed by atoms with E-state index in [9.17, 15) is 18.0 Å². The summed E-state index contributed by atoms with van der Waals surface area (Å²) in [5.74, 6) is -0.253. The van der Waals surface area contributed by atoms with Gasteiger partial charge in [-0.2, -0.15) is 0 Å². The Balaban J connectivity index is 1.97. The van der Waals surface area contributed by atoms with Crippen molar-refractivity contribution in [1.29, 1.82) is 0 Å². The molecule has 2 amide bonds. The molecule has 2 atom stereocenters. The first-order valence-electron chi connectivity index (χ1n) is 9.09. The molecule has 0 saturated carbocycles. The smallest absolute Gasteiger partial charge is 0.408 e. The monoisotopic (exact) mass is 452 g/mol. The zero-order valence-electron chi connectivity index (χ0n) is 17.0. The van der Waals surface area contributed by atoms with Gasteiger partial charge in [-0.15, -0.1) is 0 Å². The van der Waals surface area contributed by atoms with Crippen LogP contribution in [0.3, 0.4) is 0 Å². The standard InChI is InChI=1S/C19H24N4O7S/c1-21-18(24)17(15(28-2)12-29-16-5-3-4-10-22-16)30-19(25)23-11-13-6-8-14(9-7-13)31(20,26)27/h3-10,15,17H,11-12H2,1-2H3,(H,21,24)(H,23,25)(H2,20,26,27). The average Bonchev–Trinajstić information content (AvgIpc) is 2.77. The summed E-state index contributed by atoms with van der Waals surface area (Å²) in [6.45, 7) is -0.0554. The molecule has 0 aliphatic heterocycles. The molecule has 1 aromatic carbocycles. The van der Waals surface area contributed by atoms with Gasteiger partial charge in [0.2, 0.25) is 22.0 Å². The van der Waals surface area contributed by atoms with Gasteiger partial charge in [0.05, 0.1) is 4.90 Å². The zero-order chi connectivity index (χ0) is 22.9. The third-order valence-electron chi connectivity index (χ3n) is 4.10. The van der Waals surface area contributed by atoms with Crippen LogP contribution in [0.25, 0.3) is 0 Å². The number of sulfonamides is 1. The number of nitrogens with one attached hydrogen (secondary N) is 2. The minimum atomic E-state index is -3.80.